The summed E-state index contributed by atoms with van der Waals surface area (Å²) in [5.41, 5.74) is 9.36. The molecule has 5 aromatic heterocycles. The zero-order valence-corrected chi connectivity index (χ0v) is 29.9. The number of nitrogens with zero attached hydrogens (tertiary/aromatic N) is 4. The van der Waals surface area contributed by atoms with E-state index >= 15 is 0 Å². The molecule has 0 amide bonds. The topological polar surface area (TPSA) is 44.4 Å². The molecule has 5 nitrogen and oxygen atoms in total. The summed E-state index contributed by atoms with van der Waals surface area (Å²) in [6.45, 7) is 6.68. The third-order valence-electron chi connectivity index (χ3n) is 9.75. The second-order valence-electron chi connectivity index (χ2n) is 13.7. The number of ether oxygens (including phenoxy) is 1. The van der Waals surface area contributed by atoms with Gasteiger partial charge in [-0.3, -0.25) is 4.98 Å². The minimum atomic E-state index is 0. The van der Waals surface area contributed by atoms with Crippen molar-refractivity contribution in [1.29, 1.82) is 0 Å². The van der Waals surface area contributed by atoms with Gasteiger partial charge in [-0.05, 0) is 46.3 Å². The van der Waals surface area contributed by atoms with Crippen LogP contribution in [0.15, 0.2) is 127 Å². The average molecular weight is 826 g/mol. The van der Waals surface area contributed by atoms with Crippen molar-refractivity contribution in [1.82, 2.24) is 18.9 Å². The number of fused-ring (bicyclic) bond motifs is 9. The molecule has 6 heteroatoms. The fourth-order valence-corrected chi connectivity index (χ4v) is 7.42. The fourth-order valence-electron chi connectivity index (χ4n) is 7.42. The Kier molecular flexibility index (Phi) is 6.88. The first-order valence-corrected chi connectivity index (χ1v) is 16.6. The average Bonchev–Trinajstić information content (AvgIpc) is 3.76. The minimum Gasteiger partial charge on any atom is -0.421 e. The Morgan fingerprint density at radius 1 is 0.600 bits per heavy atom. The molecular formula is C44H30N4OPt. The van der Waals surface area contributed by atoms with Gasteiger partial charge in [0.1, 0.15) is 5.65 Å². The van der Waals surface area contributed by atoms with Gasteiger partial charge < -0.3 is 13.7 Å². The predicted octanol–water partition coefficient (Wildman–Crippen LogP) is 11.1. The molecule has 0 N–H and O–H groups in total. The van der Waals surface area contributed by atoms with Crippen molar-refractivity contribution < 1.29 is 25.8 Å². The van der Waals surface area contributed by atoms with Crippen LogP contribution in [0.25, 0.3) is 77.0 Å². The van der Waals surface area contributed by atoms with E-state index in [4.69, 9.17) is 14.7 Å². The molecule has 242 valence electrons. The van der Waals surface area contributed by atoms with E-state index in [1.165, 1.54) is 38.1 Å². The van der Waals surface area contributed by atoms with Gasteiger partial charge in [0.25, 0.3) is 0 Å². The Balaban J connectivity index is 0.00000336. The maximum atomic E-state index is 6.38. The van der Waals surface area contributed by atoms with Crippen LogP contribution in [0, 0.1) is 12.1 Å². The molecule has 0 aliphatic heterocycles. The number of hydrogen-bond donors (Lipinski definition) is 0. The van der Waals surface area contributed by atoms with Crippen molar-refractivity contribution in [3.8, 4) is 28.7 Å². The van der Waals surface area contributed by atoms with E-state index < -0.39 is 0 Å². The first kappa shape index (κ1) is 30.5. The van der Waals surface area contributed by atoms with Gasteiger partial charge in [-0.25, -0.2) is 0 Å². The summed E-state index contributed by atoms with van der Waals surface area (Å²) in [4.78, 5) is 10.0. The van der Waals surface area contributed by atoms with Crippen molar-refractivity contribution in [2.24, 2.45) is 0 Å². The van der Waals surface area contributed by atoms with Crippen LogP contribution in [-0.2, 0) is 26.5 Å². The smallest absolute Gasteiger partial charge is 0.421 e. The summed E-state index contributed by atoms with van der Waals surface area (Å²) in [6, 6.07) is 51.0. The molecule has 0 saturated carbocycles. The summed E-state index contributed by atoms with van der Waals surface area (Å²) in [7, 11) is 0. The second kappa shape index (κ2) is 11.3. The summed E-state index contributed by atoms with van der Waals surface area (Å²) in [5, 5.41) is 7.13. The molecule has 10 aromatic rings. The zero-order valence-electron chi connectivity index (χ0n) is 27.6. The molecular weight excluding hydrogens is 796 g/mol. The van der Waals surface area contributed by atoms with Crippen molar-refractivity contribution in [2.45, 2.75) is 26.2 Å². The zero-order chi connectivity index (χ0) is 32.9. The molecule has 0 atom stereocenters. The molecule has 0 fully saturated rings. The van der Waals surface area contributed by atoms with Crippen LogP contribution in [-0.4, -0.2) is 18.9 Å². The largest absolute Gasteiger partial charge is 2.00 e. The Hall–Kier alpha value is -5.51. The predicted molar refractivity (Wildman–Crippen MR) is 199 cm³/mol. The molecule has 5 heterocycles. The molecule has 50 heavy (non-hydrogen) atoms. The fraction of sp³-hybridized carbons (Fsp3) is 0.0909. The number of para-hydroxylation sites is 3. The number of hydrogen-bond acceptors (Lipinski definition) is 3. The third-order valence-corrected chi connectivity index (χ3v) is 9.75. The Bertz CT molecular complexity index is 2910. The van der Waals surface area contributed by atoms with E-state index in [9.17, 15) is 0 Å². The molecule has 0 bridgehead atoms. The summed E-state index contributed by atoms with van der Waals surface area (Å²) >= 11 is 0. The molecule has 0 aliphatic carbocycles. The summed E-state index contributed by atoms with van der Waals surface area (Å²) in [6.07, 6.45) is 0. The number of benzene rings is 5. The number of rotatable bonds is 4. The molecule has 0 aliphatic rings. The normalized spacial score (nSPS) is 12.1. The van der Waals surface area contributed by atoms with Gasteiger partial charge in [0.05, 0.1) is 16.6 Å². The number of aromatic nitrogens is 4. The van der Waals surface area contributed by atoms with E-state index in [0.29, 0.717) is 11.8 Å². The van der Waals surface area contributed by atoms with Gasteiger partial charge in [0.2, 0.25) is 11.8 Å². The molecule has 0 spiro atoms. The van der Waals surface area contributed by atoms with E-state index in [-0.39, 0.29) is 26.5 Å². The van der Waals surface area contributed by atoms with Gasteiger partial charge in [-0.1, -0.05) is 98.6 Å². The van der Waals surface area contributed by atoms with Gasteiger partial charge in [-0.2, -0.15) is 28.7 Å². The van der Waals surface area contributed by atoms with Crippen LogP contribution in [0.3, 0.4) is 0 Å². The SMILES string of the molecule is CC(C)(C)c1cc[c-]c(-n2c3ccccc3c3ccc(Oc4cccc(-c5[c-]cc6c7cccc8c9ccccc9n(c6c5)c87)n4)nc32)c1.[Pt+2]. The van der Waals surface area contributed by atoms with Crippen LogP contribution in [0.4, 0.5) is 0 Å². The van der Waals surface area contributed by atoms with Crippen molar-refractivity contribution in [3.05, 3.63) is 145 Å². The molecule has 0 saturated heterocycles. The Morgan fingerprint density at radius 3 is 2.12 bits per heavy atom. The monoisotopic (exact) mass is 825 g/mol. The van der Waals surface area contributed by atoms with Gasteiger partial charge in [0, 0.05) is 27.6 Å². The van der Waals surface area contributed by atoms with Crippen molar-refractivity contribution >= 4 is 60.0 Å². The summed E-state index contributed by atoms with van der Waals surface area (Å²) < 4.78 is 10.9. The van der Waals surface area contributed by atoms with E-state index in [0.717, 1.165) is 44.4 Å². The maximum Gasteiger partial charge on any atom is 2.00 e. The van der Waals surface area contributed by atoms with Crippen molar-refractivity contribution in [2.75, 3.05) is 0 Å². The van der Waals surface area contributed by atoms with Crippen LogP contribution < -0.4 is 4.74 Å². The summed E-state index contributed by atoms with van der Waals surface area (Å²) in [5.74, 6) is 0.946. The van der Waals surface area contributed by atoms with Crippen LogP contribution >= 0.6 is 0 Å². The maximum absolute atomic E-state index is 6.38. The van der Waals surface area contributed by atoms with Crippen LogP contribution in [0.1, 0.15) is 26.3 Å². The van der Waals surface area contributed by atoms with Crippen LogP contribution in [0.2, 0.25) is 0 Å². The minimum absolute atomic E-state index is 0. The molecule has 10 rings (SSSR count). The Labute approximate surface area is 303 Å². The molecule has 0 unspecified atom stereocenters. The van der Waals surface area contributed by atoms with E-state index in [1.807, 2.05) is 30.3 Å². The second-order valence-corrected chi connectivity index (χ2v) is 13.7. The third kappa shape index (κ3) is 4.57. The standard InChI is InChI=1S/C44H30N4O.Pt/c1-44(2,3)28-11-8-12-29(26-28)47-37-18-6-5-14-31(37)35-23-24-41(46-43(35)47)49-40-20-10-17-36(45-40)27-21-22-32-34-16-9-15-33-30-13-4-7-19-38(30)48(42(33)34)39(32)25-27;/h4-11,13-20,22-26H,1-3H3;/q-2;+2. The first-order chi connectivity index (χ1) is 23.9. The molecule has 5 aromatic carbocycles. The Morgan fingerprint density at radius 2 is 1.30 bits per heavy atom. The van der Waals surface area contributed by atoms with Gasteiger partial charge in [0.15, 0.2) is 0 Å². The number of pyridine rings is 2. The van der Waals surface area contributed by atoms with Crippen LogP contribution in [0.5, 0.6) is 11.8 Å². The van der Waals surface area contributed by atoms with E-state index in [1.54, 1.807) is 0 Å². The van der Waals surface area contributed by atoms with E-state index in [2.05, 4.69) is 139 Å². The van der Waals surface area contributed by atoms with Gasteiger partial charge in [-0.15, -0.1) is 29.8 Å². The quantitative estimate of drug-likeness (QED) is 0.166. The molecule has 0 radical (unpaired) electrons. The first-order valence-electron chi connectivity index (χ1n) is 16.6. The van der Waals surface area contributed by atoms with Gasteiger partial charge >= 0.3 is 21.1 Å². The van der Waals surface area contributed by atoms with Crippen molar-refractivity contribution in [3.63, 3.8) is 0 Å².